The fraction of sp³-hybridized carbons (Fsp3) is 0.528. The molecule has 0 bridgehead atoms. The molecule has 433 valence electrons. The summed E-state index contributed by atoms with van der Waals surface area (Å²) in [6.07, 6.45) is 17.9. The van der Waals surface area contributed by atoms with E-state index in [0.29, 0.717) is 27.6 Å². The van der Waals surface area contributed by atoms with Crippen molar-refractivity contribution in [1.82, 2.24) is 0 Å². The summed E-state index contributed by atoms with van der Waals surface area (Å²) in [5, 5.41) is 0. The first-order valence-corrected chi connectivity index (χ1v) is 76.4. The maximum atomic E-state index is 12.3. The molecule has 1 aliphatic heterocycles. The molecule has 3 fully saturated rings. The average Bonchev–Trinajstić information content (AvgIpc) is 4.09. The van der Waals surface area contributed by atoms with E-state index in [4.69, 9.17) is 0 Å². The maximum absolute atomic E-state index is 12.3. The van der Waals surface area contributed by atoms with Gasteiger partial charge >= 0.3 is 0 Å². The zero-order chi connectivity index (χ0) is 49.2. The van der Waals surface area contributed by atoms with E-state index in [1.165, 1.54) is 86.0 Å². The standard InChI is InChI=1S/C19H22S2.C17H18O.H31P29.11V/c1-2-5-14-13(4-1)8-9-15-16-6-3-7-18(16)19(12-17(14)15)20-10-11-21-19;18-17-10-16-12-5-2-1-4-11(12)8-9-14(16)13-6-3-7-15(13)17;1-16-24(17(2)3)28(25(18(4)5)19(6)7)29(26(20(8)9)21(10)11)27(22(12)13)23(14)15;;;;;;;;;;;/h1-2,4-5,12,15-16,18H,3,6-11H2;1-2,4-5,10,13-15H,3,6-9H2;16H,1-15H2;;;;;;;;;;;. The van der Waals surface area contributed by atoms with Crippen LogP contribution in [-0.4, -0.2) is 21.4 Å². The Morgan fingerprint density at radius 3 is 1.27 bits per heavy atom. The van der Waals surface area contributed by atoms with Crippen LogP contribution in [0, 0.1) is 35.5 Å². The molecular weight excluding hydrogens is 1970 g/mol. The first kappa shape index (κ1) is 105. The molecule has 0 N–H and O–H groups in total. The average molecular weight is 2040 g/mol. The van der Waals surface area contributed by atoms with Gasteiger partial charge in [0.15, 0.2) is 5.78 Å². The van der Waals surface area contributed by atoms with E-state index in [1.54, 1.807) is 16.7 Å². The van der Waals surface area contributed by atoms with E-state index in [2.05, 4.69) is 212 Å². The summed E-state index contributed by atoms with van der Waals surface area (Å²) in [4.78, 5) is 12.3. The SMILES string of the molecule is C1=C2c3ccccc3CCC2C2CCCC2C12SCCS2.O=C1C=C2c3ccccc3CCC2C2CCCC12.PPP(P(P)P)P(P(P(P)P)P(P)P)P(P(P(P)P)P(P)P)P(P(P)P)P(P)P.[V].[V].[V].[V].[V].[V].[V].[V].[V].[V].[V]. The normalized spacial score (nSPS) is 23.2. The van der Waals surface area contributed by atoms with Crippen molar-refractivity contribution in [2.24, 2.45) is 35.5 Å². The second-order valence-corrected chi connectivity index (χ2v) is 135. The van der Waals surface area contributed by atoms with Gasteiger partial charge in [-0.2, -0.15) is 0 Å². The molecule has 43 heteroatoms. The number of hydrogen-bond acceptors (Lipinski definition) is 3. The van der Waals surface area contributed by atoms with Crippen molar-refractivity contribution in [2.75, 3.05) is 11.5 Å². The van der Waals surface area contributed by atoms with Gasteiger partial charge in [-0.1, -0.05) is 75.4 Å². The van der Waals surface area contributed by atoms with Gasteiger partial charge < -0.3 is 0 Å². The molecule has 1 spiro atoms. The van der Waals surface area contributed by atoms with Gasteiger partial charge in [0.05, 0.1) is 4.08 Å². The van der Waals surface area contributed by atoms with Crippen LogP contribution >= 0.6 is 256 Å². The zero-order valence-corrected chi connectivity index (χ0v) is 89.8. The number of allylic oxidation sites excluding steroid dienone is 3. The van der Waals surface area contributed by atoms with Crippen LogP contribution in [0.5, 0.6) is 0 Å². The summed E-state index contributed by atoms with van der Waals surface area (Å²) in [5.41, 5.74) is 9.05. The first-order valence-electron chi connectivity index (χ1n) is 22.2. The smallest absolute Gasteiger partial charge is 0.159 e. The fourth-order valence-corrected chi connectivity index (χ4v) is 393. The molecule has 7 aliphatic rings. The Labute approximate surface area is 669 Å². The summed E-state index contributed by atoms with van der Waals surface area (Å²) in [6.45, 7) is 0.173. The van der Waals surface area contributed by atoms with Crippen molar-refractivity contribution in [3.05, 3.63) is 82.9 Å². The predicted octanol–water partition coefficient (Wildman–Crippen LogP) is 25.5. The molecule has 0 amide bonds. The zero-order valence-electron chi connectivity index (χ0n) is 42.8. The first-order chi connectivity index (χ1) is 32.4. The molecule has 9 rings (SSSR count). The van der Waals surface area contributed by atoms with Gasteiger partial charge in [-0.15, -0.1) is 157 Å². The molecule has 2 saturated carbocycles. The number of aryl methyl sites for hydroxylation is 2. The maximum Gasteiger partial charge on any atom is 0.159 e. The summed E-state index contributed by atoms with van der Waals surface area (Å²) < 4.78 is 0.428. The van der Waals surface area contributed by atoms with Crippen molar-refractivity contribution in [3.8, 4) is 0 Å². The van der Waals surface area contributed by atoms with Crippen molar-refractivity contribution >= 4 is 273 Å². The largest absolute Gasteiger partial charge is 0.295 e. The van der Waals surface area contributed by atoms with E-state index in [0.717, 1.165) is 32.1 Å². The predicted molar refractivity (Wildman–Crippen MR) is 411 cm³/mol. The van der Waals surface area contributed by atoms with Gasteiger partial charge in [-0.3, -0.25) is 4.79 Å². The van der Waals surface area contributed by atoms with E-state index in [9.17, 15) is 4.79 Å². The van der Waals surface area contributed by atoms with Gasteiger partial charge in [-0.25, -0.2) is 0 Å². The van der Waals surface area contributed by atoms with Crippen LogP contribution in [0.25, 0.3) is 11.1 Å². The van der Waals surface area contributed by atoms with E-state index in [-0.39, 0.29) is 295 Å². The monoisotopic (exact) mass is 2040 g/mol. The molecular formula is C36H71OP29S2V11. The molecule has 0 aromatic heterocycles. The molecule has 1 heterocycles. The number of benzene rings is 2. The molecule has 1 saturated heterocycles. The van der Waals surface area contributed by atoms with Crippen molar-refractivity contribution < 1.29 is 209 Å². The minimum atomic E-state index is -0.0415. The van der Waals surface area contributed by atoms with Gasteiger partial charge in [-0.05, 0) is 211 Å². The number of carbonyl (C=O) groups is 1. The minimum absolute atomic E-state index is 0. The topological polar surface area (TPSA) is 17.1 Å². The van der Waals surface area contributed by atoms with Crippen LogP contribution < -0.4 is 0 Å². The van der Waals surface area contributed by atoms with E-state index < -0.39 is 0 Å². The molecule has 24 unspecified atom stereocenters. The summed E-state index contributed by atoms with van der Waals surface area (Å²) in [7, 11) is 50.2. The number of fused-ring (bicyclic) bond motifs is 11. The van der Waals surface area contributed by atoms with Crippen molar-refractivity contribution in [3.63, 3.8) is 0 Å². The van der Waals surface area contributed by atoms with E-state index >= 15 is 0 Å². The number of hydrogen-bond donors (Lipinski definition) is 0. The third-order valence-electron chi connectivity index (χ3n) is 13.7. The van der Waals surface area contributed by atoms with E-state index in [1.807, 2.05) is 6.08 Å². The van der Waals surface area contributed by atoms with Crippen LogP contribution in [0.4, 0.5) is 0 Å². The summed E-state index contributed by atoms with van der Waals surface area (Å²) in [6, 6.07) is 17.8. The molecule has 2 aromatic carbocycles. The Morgan fingerprint density at radius 2 is 0.835 bits per heavy atom. The van der Waals surface area contributed by atoms with Gasteiger partial charge in [0.2, 0.25) is 0 Å². The number of carbonyl (C=O) groups excluding carboxylic acids is 1. The number of ketones is 1. The van der Waals surface area contributed by atoms with Gasteiger partial charge in [0.25, 0.3) is 0 Å². The quantitative estimate of drug-likeness (QED) is 0.186. The van der Waals surface area contributed by atoms with Crippen LogP contribution in [0.1, 0.15) is 73.6 Å². The fourth-order valence-electron chi connectivity index (χ4n) is 11.3. The number of rotatable bonds is 13. The third kappa shape index (κ3) is 28.2. The van der Waals surface area contributed by atoms with Gasteiger partial charge in [0.1, 0.15) is 0 Å². The molecule has 2 aromatic rings. The molecule has 79 heavy (non-hydrogen) atoms. The Hall–Kier alpha value is 17.2. The summed E-state index contributed by atoms with van der Waals surface area (Å²) >= 11 is 4.52. The van der Waals surface area contributed by atoms with Gasteiger partial charge in [0, 0.05) is 222 Å². The van der Waals surface area contributed by atoms with Crippen LogP contribution in [0.3, 0.4) is 0 Å². The minimum Gasteiger partial charge on any atom is -0.295 e. The Kier molecular flexibility index (Phi) is 70.4. The summed E-state index contributed by atoms with van der Waals surface area (Å²) in [5.74, 6) is 7.54. The molecule has 1 nitrogen and oxygen atoms in total. The Morgan fingerprint density at radius 1 is 0.443 bits per heavy atom. The van der Waals surface area contributed by atoms with Crippen LogP contribution in [0.2, 0.25) is 0 Å². The molecule has 24 atom stereocenters. The van der Waals surface area contributed by atoms with Crippen molar-refractivity contribution in [2.45, 2.75) is 68.3 Å². The molecule has 11 radical (unpaired) electrons. The van der Waals surface area contributed by atoms with Crippen LogP contribution in [-0.2, 0) is 222 Å². The Bertz CT molecular complexity index is 2070. The second kappa shape index (κ2) is 53.0. The number of thioether (sulfide) groups is 2. The van der Waals surface area contributed by atoms with Crippen LogP contribution in [0.15, 0.2) is 60.7 Å². The van der Waals surface area contributed by atoms with Crippen molar-refractivity contribution in [1.29, 1.82) is 0 Å². The third-order valence-corrected chi connectivity index (χ3v) is 208. The second-order valence-electron chi connectivity index (χ2n) is 17.4. The Balaban J connectivity index is -0.000000329. The molecule has 6 aliphatic carbocycles.